The third-order valence-electron chi connectivity index (χ3n) is 1.85. The maximum absolute atomic E-state index is 11.1. The monoisotopic (exact) mass is 210 g/mol. The summed E-state index contributed by atoms with van der Waals surface area (Å²) in [5, 5.41) is 0. The molecule has 1 aromatic rings. The van der Waals surface area contributed by atoms with Crippen molar-refractivity contribution < 1.29 is 19.0 Å². The van der Waals surface area contributed by atoms with Gasteiger partial charge in [0.05, 0.1) is 13.7 Å². The fourth-order valence-corrected chi connectivity index (χ4v) is 1.07. The molecule has 4 nitrogen and oxygen atoms in total. The van der Waals surface area contributed by atoms with Gasteiger partial charge in [-0.3, -0.25) is 0 Å². The Labute approximate surface area is 88.8 Å². The van der Waals surface area contributed by atoms with Crippen molar-refractivity contribution in [2.24, 2.45) is 0 Å². The van der Waals surface area contributed by atoms with Crippen molar-refractivity contribution in [1.82, 2.24) is 0 Å². The SMILES string of the molecule is COC(=O)C(OC)OCc1ccccc1. The number of rotatable bonds is 5. The number of carbonyl (C=O) groups is 1. The van der Waals surface area contributed by atoms with Crippen LogP contribution >= 0.6 is 0 Å². The highest BCUT2D eigenvalue weighted by Gasteiger charge is 2.18. The zero-order valence-electron chi connectivity index (χ0n) is 8.80. The van der Waals surface area contributed by atoms with Gasteiger partial charge in [0.25, 0.3) is 6.29 Å². The number of carbonyl (C=O) groups excluding carboxylic acids is 1. The van der Waals surface area contributed by atoms with Crippen LogP contribution in [0.25, 0.3) is 0 Å². The van der Waals surface area contributed by atoms with Crippen molar-refractivity contribution in [3.05, 3.63) is 35.9 Å². The minimum Gasteiger partial charge on any atom is -0.465 e. The summed E-state index contributed by atoms with van der Waals surface area (Å²) in [6.45, 7) is 0.314. The second-order valence-corrected chi connectivity index (χ2v) is 2.89. The van der Waals surface area contributed by atoms with E-state index in [-0.39, 0.29) is 0 Å². The van der Waals surface area contributed by atoms with E-state index in [1.165, 1.54) is 14.2 Å². The van der Waals surface area contributed by atoms with Crippen LogP contribution in [0.5, 0.6) is 0 Å². The molecule has 0 N–H and O–H groups in total. The molecule has 0 fully saturated rings. The van der Waals surface area contributed by atoms with Gasteiger partial charge in [-0.15, -0.1) is 0 Å². The van der Waals surface area contributed by atoms with Crippen LogP contribution in [0.1, 0.15) is 5.56 Å². The molecule has 0 heterocycles. The van der Waals surface area contributed by atoms with Crippen LogP contribution in [-0.4, -0.2) is 26.5 Å². The number of esters is 1. The van der Waals surface area contributed by atoms with Gasteiger partial charge >= 0.3 is 5.97 Å². The summed E-state index contributed by atoms with van der Waals surface area (Å²) < 4.78 is 14.6. The Bertz CT molecular complexity index is 297. The largest absolute Gasteiger partial charge is 0.465 e. The van der Waals surface area contributed by atoms with E-state index in [0.717, 1.165) is 5.56 Å². The van der Waals surface area contributed by atoms with E-state index >= 15 is 0 Å². The van der Waals surface area contributed by atoms with Gasteiger partial charge in [0.1, 0.15) is 0 Å². The Kier molecular flexibility index (Phi) is 4.80. The molecule has 0 saturated heterocycles. The molecular formula is C11H14O4. The minimum atomic E-state index is -0.963. The Morgan fingerprint density at radius 3 is 2.47 bits per heavy atom. The highest BCUT2D eigenvalue weighted by molar-refractivity contribution is 5.72. The molecule has 1 unspecified atom stereocenters. The predicted octanol–water partition coefficient (Wildman–Crippen LogP) is 1.35. The number of hydrogen-bond donors (Lipinski definition) is 0. The second kappa shape index (κ2) is 6.16. The maximum atomic E-state index is 11.1. The fourth-order valence-electron chi connectivity index (χ4n) is 1.07. The normalized spacial score (nSPS) is 12.1. The number of benzene rings is 1. The van der Waals surface area contributed by atoms with E-state index in [0.29, 0.717) is 6.61 Å². The summed E-state index contributed by atoms with van der Waals surface area (Å²) >= 11 is 0. The molecule has 4 heteroatoms. The molecular weight excluding hydrogens is 196 g/mol. The van der Waals surface area contributed by atoms with Gasteiger partial charge in [-0.25, -0.2) is 4.79 Å². The van der Waals surface area contributed by atoms with Gasteiger partial charge in [-0.05, 0) is 5.56 Å². The first-order chi connectivity index (χ1) is 7.27. The van der Waals surface area contributed by atoms with Gasteiger partial charge < -0.3 is 14.2 Å². The van der Waals surface area contributed by atoms with Crippen molar-refractivity contribution in [2.45, 2.75) is 12.9 Å². The summed E-state index contributed by atoms with van der Waals surface area (Å²) in [6.07, 6.45) is -0.963. The van der Waals surface area contributed by atoms with Crippen LogP contribution in [0.3, 0.4) is 0 Å². The lowest BCUT2D eigenvalue weighted by Crippen LogP contribution is -2.27. The molecule has 1 aromatic carbocycles. The van der Waals surface area contributed by atoms with Gasteiger partial charge in [-0.1, -0.05) is 30.3 Å². The molecule has 0 spiro atoms. The molecule has 0 aliphatic rings. The van der Waals surface area contributed by atoms with Crippen LogP contribution in [0.4, 0.5) is 0 Å². The van der Waals surface area contributed by atoms with E-state index < -0.39 is 12.3 Å². The topological polar surface area (TPSA) is 44.8 Å². The van der Waals surface area contributed by atoms with Gasteiger partial charge in [0.2, 0.25) is 0 Å². The Morgan fingerprint density at radius 1 is 1.27 bits per heavy atom. The van der Waals surface area contributed by atoms with Crippen LogP contribution < -0.4 is 0 Å². The average Bonchev–Trinajstić information content (AvgIpc) is 2.31. The summed E-state index contributed by atoms with van der Waals surface area (Å²) in [4.78, 5) is 11.1. The summed E-state index contributed by atoms with van der Waals surface area (Å²) in [5.74, 6) is -0.534. The second-order valence-electron chi connectivity index (χ2n) is 2.89. The summed E-state index contributed by atoms with van der Waals surface area (Å²) in [7, 11) is 2.69. The highest BCUT2D eigenvalue weighted by atomic mass is 16.7. The number of methoxy groups -OCH3 is 2. The minimum absolute atomic E-state index is 0.314. The molecule has 0 radical (unpaired) electrons. The molecule has 1 atom stereocenters. The summed E-state index contributed by atoms with van der Waals surface area (Å²) in [6, 6.07) is 9.53. The molecule has 1 rings (SSSR count). The fraction of sp³-hybridized carbons (Fsp3) is 0.364. The third kappa shape index (κ3) is 3.69. The van der Waals surface area contributed by atoms with Crippen LogP contribution in [0.15, 0.2) is 30.3 Å². The first-order valence-electron chi connectivity index (χ1n) is 4.54. The average molecular weight is 210 g/mol. The van der Waals surface area contributed by atoms with Crippen molar-refractivity contribution in [2.75, 3.05) is 14.2 Å². The summed E-state index contributed by atoms with van der Waals surface area (Å²) in [5.41, 5.74) is 0.975. The van der Waals surface area contributed by atoms with Crippen molar-refractivity contribution in [1.29, 1.82) is 0 Å². The number of hydrogen-bond acceptors (Lipinski definition) is 4. The first-order valence-corrected chi connectivity index (χ1v) is 4.54. The van der Waals surface area contributed by atoms with Crippen molar-refractivity contribution in [3.8, 4) is 0 Å². The number of ether oxygens (including phenoxy) is 3. The van der Waals surface area contributed by atoms with Gasteiger partial charge in [-0.2, -0.15) is 0 Å². The van der Waals surface area contributed by atoms with Gasteiger partial charge in [0, 0.05) is 7.11 Å². The molecule has 0 amide bonds. The highest BCUT2D eigenvalue weighted by Crippen LogP contribution is 2.04. The molecule has 15 heavy (non-hydrogen) atoms. The van der Waals surface area contributed by atoms with E-state index in [1.54, 1.807) is 0 Å². The van der Waals surface area contributed by atoms with Crippen molar-refractivity contribution >= 4 is 5.97 Å². The van der Waals surface area contributed by atoms with E-state index in [4.69, 9.17) is 9.47 Å². The van der Waals surface area contributed by atoms with E-state index in [9.17, 15) is 4.79 Å². The van der Waals surface area contributed by atoms with E-state index in [1.807, 2.05) is 30.3 Å². The van der Waals surface area contributed by atoms with E-state index in [2.05, 4.69) is 4.74 Å². The smallest absolute Gasteiger partial charge is 0.363 e. The maximum Gasteiger partial charge on any atom is 0.363 e. The lowest BCUT2D eigenvalue weighted by atomic mass is 10.2. The molecule has 0 saturated carbocycles. The molecule has 0 aromatic heterocycles. The Hall–Kier alpha value is -1.39. The molecule has 0 aliphatic heterocycles. The van der Waals surface area contributed by atoms with Crippen molar-refractivity contribution in [3.63, 3.8) is 0 Å². The zero-order valence-corrected chi connectivity index (χ0v) is 8.80. The Morgan fingerprint density at radius 2 is 1.93 bits per heavy atom. The lowest BCUT2D eigenvalue weighted by Gasteiger charge is -2.13. The standard InChI is InChI=1S/C11H14O4/c1-13-10(12)11(14-2)15-8-9-6-4-3-5-7-9/h3-7,11H,8H2,1-2H3. The third-order valence-corrected chi connectivity index (χ3v) is 1.85. The molecule has 82 valence electrons. The van der Waals surface area contributed by atoms with Crippen LogP contribution in [-0.2, 0) is 25.6 Å². The van der Waals surface area contributed by atoms with Crippen LogP contribution in [0, 0.1) is 0 Å². The van der Waals surface area contributed by atoms with Crippen LogP contribution in [0.2, 0.25) is 0 Å². The lowest BCUT2D eigenvalue weighted by molar-refractivity contribution is -0.188. The Balaban J connectivity index is 2.44. The predicted molar refractivity (Wildman–Crippen MR) is 54.0 cm³/mol. The molecule has 0 bridgehead atoms. The molecule has 0 aliphatic carbocycles. The zero-order chi connectivity index (χ0) is 11.1. The van der Waals surface area contributed by atoms with Gasteiger partial charge in [0.15, 0.2) is 0 Å². The quantitative estimate of drug-likeness (QED) is 0.543. The first kappa shape index (κ1) is 11.7.